The van der Waals surface area contributed by atoms with Gasteiger partial charge in [-0.25, -0.2) is 0 Å². The maximum Gasteiger partial charge on any atom is 0.265 e. The molecule has 0 bridgehead atoms. The Balaban J connectivity index is 1.33. The summed E-state index contributed by atoms with van der Waals surface area (Å²) < 4.78 is 11.6. The fourth-order valence-electron chi connectivity index (χ4n) is 7.53. The molecule has 0 radical (unpaired) electrons. The molecule has 45 heavy (non-hydrogen) atoms. The van der Waals surface area contributed by atoms with Crippen LogP contribution >= 0.6 is 0 Å². The summed E-state index contributed by atoms with van der Waals surface area (Å²) >= 11 is 0. The van der Waals surface area contributed by atoms with Crippen molar-refractivity contribution in [2.75, 3.05) is 28.2 Å². The van der Waals surface area contributed by atoms with Crippen molar-refractivity contribution in [2.24, 2.45) is 11.8 Å². The first-order valence-corrected chi connectivity index (χ1v) is 15.0. The summed E-state index contributed by atoms with van der Waals surface area (Å²) in [5.74, 6) is -3.50. The van der Waals surface area contributed by atoms with Crippen molar-refractivity contribution in [1.29, 1.82) is 0 Å². The van der Waals surface area contributed by atoms with Gasteiger partial charge in [-0.1, -0.05) is 48.5 Å². The summed E-state index contributed by atoms with van der Waals surface area (Å²) in [5.41, 5.74) is 0.0629. The first kappa shape index (κ1) is 29.2. The van der Waals surface area contributed by atoms with Crippen molar-refractivity contribution >= 4 is 28.1 Å². The van der Waals surface area contributed by atoms with E-state index in [9.17, 15) is 24.9 Å². The molecule has 4 aromatic rings. The van der Waals surface area contributed by atoms with Crippen LogP contribution in [0.4, 0.5) is 0 Å². The number of rotatable bonds is 6. The molecule has 10 nitrogen and oxygen atoms in total. The number of aliphatic hydroxyl groups is 2. The van der Waals surface area contributed by atoms with Crippen LogP contribution in [0, 0.1) is 11.8 Å². The van der Waals surface area contributed by atoms with Crippen molar-refractivity contribution in [1.82, 2.24) is 15.0 Å². The zero-order valence-electron chi connectivity index (χ0n) is 25.6. The SMILES string of the molecule is CN(C)Cc1ccc2cc3c(c(O)c2c1)C(O)=C1C(=O)[C@]2(O)C(=O)c4c(OCc5ccccc5)noc4[C@@H](N(C)C)[C@@H]2C[C@@H]1C3. The monoisotopic (exact) mass is 609 g/mol. The third-order valence-corrected chi connectivity index (χ3v) is 9.48. The molecule has 0 spiro atoms. The number of Topliss-reactive ketones (excluding diaryl/α,β-unsaturated/α-hetero) is 2. The van der Waals surface area contributed by atoms with Crippen LogP contribution in [0.3, 0.4) is 0 Å². The standard InChI is InChI=1S/C35H35N3O7/c1-37(2)16-19-10-11-20-13-21-14-22-15-24-28(38(3)4)31-27(34(36-45-31)44-17-18-8-6-5-7-9-18)33(42)35(24,43)32(41)26(22)30(40)25(21)29(39)23(20)12-19/h5-13,22,24,28,39-40,43H,14-17H2,1-4H3/t22-,24-,28-,35-/m0/s1. The molecular formula is C35H35N3O7. The van der Waals surface area contributed by atoms with Crippen molar-refractivity contribution < 1.29 is 34.2 Å². The van der Waals surface area contributed by atoms with Gasteiger partial charge >= 0.3 is 0 Å². The highest BCUT2D eigenvalue weighted by atomic mass is 16.5. The first-order chi connectivity index (χ1) is 21.5. The van der Waals surface area contributed by atoms with Gasteiger partial charge in [-0.3, -0.25) is 14.5 Å². The van der Waals surface area contributed by atoms with E-state index in [0.29, 0.717) is 23.9 Å². The lowest BCUT2D eigenvalue weighted by Crippen LogP contribution is -2.63. The zero-order valence-corrected chi connectivity index (χ0v) is 25.6. The number of nitrogens with zero attached hydrogens (tertiary/aromatic N) is 3. The highest BCUT2D eigenvalue weighted by Gasteiger charge is 2.65. The minimum atomic E-state index is -2.50. The largest absolute Gasteiger partial charge is 0.507 e. The summed E-state index contributed by atoms with van der Waals surface area (Å²) in [4.78, 5) is 32.4. The number of aliphatic hydroxyl groups excluding tert-OH is 1. The maximum absolute atomic E-state index is 14.4. The van der Waals surface area contributed by atoms with Gasteiger partial charge in [0.25, 0.3) is 5.88 Å². The highest BCUT2D eigenvalue weighted by Crippen LogP contribution is 2.56. The summed E-state index contributed by atoms with van der Waals surface area (Å²) in [6, 6.07) is 16.4. The number of ketones is 2. The fraction of sp³-hybridized carbons (Fsp3) is 0.343. The van der Waals surface area contributed by atoms with E-state index >= 15 is 0 Å². The number of carbonyl (C=O) groups excluding carboxylic acids is 2. The van der Waals surface area contributed by atoms with Gasteiger partial charge in [-0.15, -0.1) is 0 Å². The van der Waals surface area contributed by atoms with Crippen molar-refractivity contribution in [3.05, 3.63) is 93.7 Å². The number of hydrogen-bond donors (Lipinski definition) is 3. The Kier molecular flexibility index (Phi) is 6.85. The molecule has 0 saturated heterocycles. The number of carbonyl (C=O) groups is 2. The molecule has 3 aliphatic carbocycles. The molecule has 10 heteroatoms. The van der Waals surface area contributed by atoms with Crippen LogP contribution in [0.25, 0.3) is 16.5 Å². The predicted molar refractivity (Wildman–Crippen MR) is 166 cm³/mol. The van der Waals surface area contributed by atoms with Gasteiger partial charge in [0, 0.05) is 23.4 Å². The third kappa shape index (κ3) is 4.39. The minimum absolute atomic E-state index is 0.0436. The highest BCUT2D eigenvalue weighted by molar-refractivity contribution is 6.26. The van der Waals surface area contributed by atoms with Gasteiger partial charge in [-0.2, -0.15) is 0 Å². The van der Waals surface area contributed by atoms with Crippen LogP contribution in [-0.4, -0.2) is 75.6 Å². The van der Waals surface area contributed by atoms with Crippen molar-refractivity contribution in [3.8, 4) is 11.6 Å². The second-order valence-corrected chi connectivity index (χ2v) is 12.9. The van der Waals surface area contributed by atoms with Crippen LogP contribution < -0.4 is 4.74 Å². The Morgan fingerprint density at radius 3 is 2.44 bits per heavy atom. The van der Waals surface area contributed by atoms with E-state index in [-0.39, 0.29) is 47.1 Å². The normalized spacial score (nSPS) is 24.1. The maximum atomic E-state index is 14.4. The molecule has 0 unspecified atom stereocenters. The van der Waals surface area contributed by atoms with E-state index in [2.05, 4.69) is 5.16 Å². The molecule has 0 aliphatic heterocycles. The quantitative estimate of drug-likeness (QED) is 0.269. The summed E-state index contributed by atoms with van der Waals surface area (Å²) in [5, 5.41) is 40.8. The lowest BCUT2D eigenvalue weighted by Gasteiger charge is -2.49. The summed E-state index contributed by atoms with van der Waals surface area (Å²) in [6.07, 6.45) is 0.565. The average molecular weight is 610 g/mol. The van der Waals surface area contributed by atoms with Crippen LogP contribution in [0.15, 0.2) is 64.7 Å². The molecule has 7 rings (SSSR count). The van der Waals surface area contributed by atoms with E-state index in [1.807, 2.05) is 73.6 Å². The van der Waals surface area contributed by atoms with Crippen LogP contribution in [0.2, 0.25) is 0 Å². The van der Waals surface area contributed by atoms with E-state index in [1.165, 1.54) is 0 Å². The molecule has 1 aromatic heterocycles. The van der Waals surface area contributed by atoms with Crippen LogP contribution in [-0.2, 0) is 24.4 Å². The lowest BCUT2D eigenvalue weighted by molar-refractivity contribution is -0.142. The Morgan fingerprint density at radius 2 is 1.73 bits per heavy atom. The average Bonchev–Trinajstić information content (AvgIpc) is 3.41. The van der Waals surface area contributed by atoms with Crippen LogP contribution in [0.1, 0.15) is 50.8 Å². The molecule has 3 aromatic carbocycles. The number of aromatic hydroxyl groups is 1. The Bertz CT molecular complexity index is 1890. The van der Waals surface area contributed by atoms with Gasteiger partial charge in [0.1, 0.15) is 23.7 Å². The van der Waals surface area contributed by atoms with E-state index in [4.69, 9.17) is 9.26 Å². The Hall–Kier alpha value is -4.51. The smallest absolute Gasteiger partial charge is 0.265 e. The number of aromatic nitrogens is 1. The van der Waals surface area contributed by atoms with Gasteiger partial charge in [0.15, 0.2) is 11.4 Å². The summed E-state index contributed by atoms with van der Waals surface area (Å²) in [6.45, 7) is 0.759. The third-order valence-electron chi connectivity index (χ3n) is 9.48. The minimum Gasteiger partial charge on any atom is -0.507 e. The molecule has 1 heterocycles. The van der Waals surface area contributed by atoms with Crippen molar-refractivity contribution in [3.63, 3.8) is 0 Å². The lowest BCUT2D eigenvalue weighted by atomic mass is 9.57. The van der Waals surface area contributed by atoms with E-state index < -0.39 is 40.8 Å². The molecule has 3 aliphatic rings. The Labute approximate surface area is 260 Å². The van der Waals surface area contributed by atoms with Gasteiger partial charge < -0.3 is 29.5 Å². The van der Waals surface area contributed by atoms with Gasteiger partial charge in [0.05, 0.1) is 11.6 Å². The zero-order chi connectivity index (χ0) is 31.8. The number of hydrogen-bond acceptors (Lipinski definition) is 10. The predicted octanol–water partition coefficient (Wildman–Crippen LogP) is 4.43. The van der Waals surface area contributed by atoms with Crippen molar-refractivity contribution in [2.45, 2.75) is 37.6 Å². The van der Waals surface area contributed by atoms with Gasteiger partial charge in [-0.05, 0) is 80.2 Å². The molecular weight excluding hydrogens is 574 g/mol. The molecule has 4 atom stereocenters. The number of ether oxygens (including phenoxy) is 1. The second-order valence-electron chi connectivity index (χ2n) is 12.9. The summed E-state index contributed by atoms with van der Waals surface area (Å²) in [7, 11) is 7.48. The van der Waals surface area contributed by atoms with Crippen LogP contribution in [0.5, 0.6) is 11.6 Å². The number of benzene rings is 3. The molecule has 3 N–H and O–H groups in total. The molecule has 232 valence electrons. The van der Waals surface area contributed by atoms with E-state index in [0.717, 1.165) is 16.5 Å². The van der Waals surface area contributed by atoms with Gasteiger partial charge in [0.2, 0.25) is 11.6 Å². The number of fused-ring (bicyclic) bond motifs is 5. The topological polar surface area (TPSA) is 137 Å². The number of phenols is 1. The van der Waals surface area contributed by atoms with E-state index in [1.54, 1.807) is 19.0 Å². The number of phenolic OH excluding ortho intramolecular Hbond substituents is 1. The first-order valence-electron chi connectivity index (χ1n) is 15.0. The fourth-order valence-corrected chi connectivity index (χ4v) is 7.53. The molecule has 0 amide bonds. The molecule has 1 saturated carbocycles. The molecule has 1 fully saturated rings. The second kappa shape index (κ2) is 10.5. The Morgan fingerprint density at radius 1 is 0.978 bits per heavy atom.